The number of benzene rings is 1. The first-order chi connectivity index (χ1) is 8.92. The van der Waals surface area contributed by atoms with Crippen LogP contribution in [0.3, 0.4) is 0 Å². The Morgan fingerprint density at radius 2 is 2.16 bits per heavy atom. The summed E-state index contributed by atoms with van der Waals surface area (Å²) in [6.45, 7) is 3.50. The Bertz CT molecular complexity index is 581. The van der Waals surface area contributed by atoms with Crippen molar-refractivity contribution in [3.8, 4) is 0 Å². The maximum absolute atomic E-state index is 11.3. The maximum atomic E-state index is 11.3. The van der Waals surface area contributed by atoms with Crippen LogP contribution in [0.15, 0.2) is 29.3 Å². The molecular weight excluding hydrogens is 262 g/mol. The molecule has 0 fully saturated rings. The summed E-state index contributed by atoms with van der Waals surface area (Å²) in [6.07, 6.45) is 1.25. The van der Waals surface area contributed by atoms with Gasteiger partial charge in [-0.25, -0.2) is 8.42 Å². The first-order valence-corrected chi connectivity index (χ1v) is 8.29. The lowest BCUT2D eigenvalue weighted by Gasteiger charge is -2.09. The summed E-state index contributed by atoms with van der Waals surface area (Å²) in [6, 6.07) is 7.96. The maximum Gasteiger partial charge on any atom is 0.191 e. The van der Waals surface area contributed by atoms with Crippen LogP contribution in [0.5, 0.6) is 0 Å². The zero-order chi connectivity index (χ0) is 13.9. The minimum absolute atomic E-state index is 0.0804. The van der Waals surface area contributed by atoms with Crippen molar-refractivity contribution in [3.63, 3.8) is 0 Å². The topological polar surface area (TPSA) is 70.6 Å². The molecule has 1 aromatic carbocycles. The molecule has 0 aromatic heterocycles. The summed E-state index contributed by atoms with van der Waals surface area (Å²) in [5.41, 5.74) is 1.86. The average molecular weight is 281 g/mol. The third kappa shape index (κ3) is 4.55. The third-order valence-electron chi connectivity index (χ3n) is 2.79. The molecule has 1 aromatic rings. The number of sulfone groups is 1. The van der Waals surface area contributed by atoms with Crippen LogP contribution < -0.4 is 10.6 Å². The Morgan fingerprint density at radius 1 is 1.42 bits per heavy atom. The highest BCUT2D eigenvalue weighted by molar-refractivity contribution is 7.89. The van der Waals surface area contributed by atoms with Gasteiger partial charge in [-0.2, -0.15) is 0 Å². The van der Waals surface area contributed by atoms with Crippen LogP contribution in [0.25, 0.3) is 0 Å². The average Bonchev–Trinajstić information content (AvgIpc) is 2.71. The van der Waals surface area contributed by atoms with Gasteiger partial charge in [-0.3, -0.25) is 4.99 Å². The highest BCUT2D eigenvalue weighted by Gasteiger charge is 2.11. The molecule has 5 nitrogen and oxygen atoms in total. The van der Waals surface area contributed by atoms with Gasteiger partial charge in [0.15, 0.2) is 15.8 Å². The Labute approximate surface area is 114 Å². The van der Waals surface area contributed by atoms with Crippen molar-refractivity contribution in [1.29, 1.82) is 0 Å². The van der Waals surface area contributed by atoms with Gasteiger partial charge in [0.1, 0.15) is 0 Å². The molecule has 1 unspecified atom stereocenters. The Morgan fingerprint density at radius 3 is 2.79 bits per heavy atom. The molecule has 0 aliphatic carbocycles. The van der Waals surface area contributed by atoms with Gasteiger partial charge in [-0.1, -0.05) is 24.3 Å². The van der Waals surface area contributed by atoms with E-state index in [2.05, 4.69) is 22.5 Å². The van der Waals surface area contributed by atoms with Crippen molar-refractivity contribution >= 4 is 15.8 Å². The van der Waals surface area contributed by atoms with Crippen molar-refractivity contribution in [2.45, 2.75) is 25.3 Å². The predicted octanol–water partition coefficient (Wildman–Crippen LogP) is 0.668. The molecule has 0 spiro atoms. The molecule has 2 rings (SSSR count). The van der Waals surface area contributed by atoms with Crippen molar-refractivity contribution in [3.05, 3.63) is 35.4 Å². The number of guanidine groups is 1. The highest BCUT2D eigenvalue weighted by Crippen LogP contribution is 2.08. The van der Waals surface area contributed by atoms with Gasteiger partial charge < -0.3 is 10.6 Å². The summed E-state index contributed by atoms with van der Waals surface area (Å²) in [4.78, 5) is 4.31. The summed E-state index contributed by atoms with van der Waals surface area (Å²) in [5.74, 6) is 0.887. The molecule has 104 valence electrons. The summed E-state index contributed by atoms with van der Waals surface area (Å²) < 4.78 is 22.5. The molecule has 0 amide bonds. The van der Waals surface area contributed by atoms with Gasteiger partial charge in [0.05, 0.1) is 12.3 Å². The van der Waals surface area contributed by atoms with E-state index in [-0.39, 0.29) is 5.75 Å². The van der Waals surface area contributed by atoms with Gasteiger partial charge in [-0.05, 0) is 18.1 Å². The number of hydrogen-bond donors (Lipinski definition) is 2. The molecule has 1 aliphatic rings. The molecule has 19 heavy (non-hydrogen) atoms. The van der Waals surface area contributed by atoms with E-state index in [9.17, 15) is 8.42 Å². The van der Waals surface area contributed by atoms with Crippen LogP contribution in [0, 0.1) is 0 Å². The van der Waals surface area contributed by atoms with Gasteiger partial charge in [0.25, 0.3) is 0 Å². The van der Waals surface area contributed by atoms with E-state index in [0.717, 1.165) is 23.6 Å². The van der Waals surface area contributed by atoms with Crippen molar-refractivity contribution in [2.75, 3.05) is 12.8 Å². The lowest BCUT2D eigenvalue weighted by atomic mass is 10.1. The Hall–Kier alpha value is -1.56. The number of nitrogens with zero attached hydrogens (tertiary/aromatic N) is 1. The predicted molar refractivity (Wildman–Crippen MR) is 76.7 cm³/mol. The van der Waals surface area contributed by atoms with E-state index in [4.69, 9.17) is 0 Å². The second kappa shape index (κ2) is 5.61. The summed E-state index contributed by atoms with van der Waals surface area (Å²) in [7, 11) is -2.99. The molecular formula is C13H19N3O2S. The normalized spacial score (nSPS) is 18.8. The van der Waals surface area contributed by atoms with E-state index in [1.54, 1.807) is 0 Å². The SMILES string of the molecule is CC1CN=C(NCc2cccc(CS(C)(=O)=O)c2)N1. The van der Waals surface area contributed by atoms with Crippen molar-refractivity contribution in [2.24, 2.45) is 4.99 Å². The fourth-order valence-corrected chi connectivity index (χ4v) is 2.76. The monoisotopic (exact) mass is 281 g/mol. The van der Waals surface area contributed by atoms with Crippen LogP contribution in [-0.2, 0) is 22.1 Å². The van der Waals surface area contributed by atoms with E-state index in [1.807, 2.05) is 24.3 Å². The molecule has 0 radical (unpaired) electrons. The molecule has 0 saturated heterocycles. The van der Waals surface area contributed by atoms with Gasteiger partial charge in [0.2, 0.25) is 0 Å². The summed E-state index contributed by atoms with van der Waals surface area (Å²) in [5, 5.41) is 6.43. The van der Waals surface area contributed by atoms with Crippen LogP contribution in [0.4, 0.5) is 0 Å². The fourth-order valence-electron chi connectivity index (χ4n) is 1.98. The zero-order valence-corrected chi connectivity index (χ0v) is 12.0. The van der Waals surface area contributed by atoms with E-state index >= 15 is 0 Å². The van der Waals surface area contributed by atoms with Crippen LogP contribution in [0.1, 0.15) is 18.1 Å². The third-order valence-corrected chi connectivity index (χ3v) is 3.64. The minimum atomic E-state index is -2.99. The van der Waals surface area contributed by atoms with Crippen LogP contribution in [0.2, 0.25) is 0 Å². The quantitative estimate of drug-likeness (QED) is 0.851. The van der Waals surface area contributed by atoms with Gasteiger partial charge in [-0.15, -0.1) is 0 Å². The Kier molecular flexibility index (Phi) is 4.09. The molecule has 0 bridgehead atoms. The number of nitrogens with one attached hydrogen (secondary N) is 2. The second-order valence-electron chi connectivity index (χ2n) is 4.98. The highest BCUT2D eigenvalue weighted by atomic mass is 32.2. The van der Waals surface area contributed by atoms with E-state index < -0.39 is 9.84 Å². The summed E-state index contributed by atoms with van der Waals surface area (Å²) >= 11 is 0. The molecule has 0 saturated carbocycles. The lowest BCUT2D eigenvalue weighted by Crippen LogP contribution is -2.37. The zero-order valence-electron chi connectivity index (χ0n) is 11.2. The van der Waals surface area contributed by atoms with Gasteiger partial charge in [0, 0.05) is 18.8 Å². The molecule has 1 atom stereocenters. The molecule has 1 aliphatic heterocycles. The van der Waals surface area contributed by atoms with Crippen molar-refractivity contribution < 1.29 is 8.42 Å². The molecule has 2 N–H and O–H groups in total. The minimum Gasteiger partial charge on any atom is -0.352 e. The van der Waals surface area contributed by atoms with Crippen LogP contribution >= 0.6 is 0 Å². The van der Waals surface area contributed by atoms with E-state index in [1.165, 1.54) is 6.26 Å². The van der Waals surface area contributed by atoms with E-state index in [0.29, 0.717) is 12.6 Å². The Balaban J connectivity index is 1.96. The number of hydrogen-bond acceptors (Lipinski definition) is 5. The second-order valence-corrected chi connectivity index (χ2v) is 7.12. The smallest absolute Gasteiger partial charge is 0.191 e. The largest absolute Gasteiger partial charge is 0.352 e. The van der Waals surface area contributed by atoms with Crippen LogP contribution in [-0.4, -0.2) is 33.2 Å². The van der Waals surface area contributed by atoms with Crippen molar-refractivity contribution in [1.82, 2.24) is 10.6 Å². The molecule has 6 heteroatoms. The first kappa shape index (κ1) is 13.9. The first-order valence-electron chi connectivity index (χ1n) is 6.23. The number of aliphatic imine (C=N–C) groups is 1. The molecule has 1 heterocycles. The lowest BCUT2D eigenvalue weighted by molar-refractivity contribution is 0.601. The fraction of sp³-hybridized carbons (Fsp3) is 0.462. The number of rotatable bonds is 4. The van der Waals surface area contributed by atoms with Gasteiger partial charge >= 0.3 is 0 Å². The standard InChI is InChI=1S/C13H19N3O2S/c1-10-7-14-13(16-10)15-8-11-4-3-5-12(6-11)9-19(2,17)18/h3-6,10H,7-9H2,1-2H3,(H2,14,15,16).